The van der Waals surface area contributed by atoms with Gasteiger partial charge in [0.1, 0.15) is 42.0 Å². The fourth-order valence-electron chi connectivity index (χ4n) is 5.59. The molecule has 0 aliphatic carbocycles. The van der Waals surface area contributed by atoms with Gasteiger partial charge in [0.05, 0.1) is 25.4 Å². The first kappa shape index (κ1) is 53.2. The van der Waals surface area contributed by atoms with Gasteiger partial charge in [-0.15, -0.1) is 0 Å². The minimum Gasteiger partial charge on any atom is -0.508 e. The summed E-state index contributed by atoms with van der Waals surface area (Å²) in [6.07, 6.45) is -2.33. The predicted octanol–water partition coefficient (Wildman–Crippen LogP) is -4.89. The van der Waals surface area contributed by atoms with Crippen molar-refractivity contribution in [1.29, 1.82) is 0 Å². The Morgan fingerprint density at radius 2 is 1.13 bits per heavy atom. The Morgan fingerprint density at radius 3 is 1.65 bits per heavy atom. The molecule has 1 rings (SSSR count). The number of phenols is 1. The molecule has 0 heterocycles. The molecule has 7 atom stereocenters. The third kappa shape index (κ3) is 19.9. The van der Waals surface area contributed by atoms with Crippen molar-refractivity contribution in [1.82, 2.24) is 37.2 Å². The quantitative estimate of drug-likeness (QED) is 0.0394. The van der Waals surface area contributed by atoms with Crippen LogP contribution in [0.3, 0.4) is 0 Å². The fourth-order valence-corrected chi connectivity index (χ4v) is 5.59. The zero-order valence-electron chi connectivity index (χ0n) is 35.1. The van der Waals surface area contributed by atoms with Crippen LogP contribution in [0.4, 0.5) is 0 Å². The standard InChI is InChI=1S/C38H59N11O13/c1-17(2)12-24(48-34(57)23(10-11-27(40)51)46-35(58)25(15-29(42)53)47-33(56)22(39)14-28(41)52)36(59)49-31(18(3)4)37(60)44-19(5)32(55)43-16-30(54)45-26(38(61)62)13-20-6-8-21(50)9-7-20/h6-9,17-19,22-26,31,50H,10-16,39H2,1-5H3,(H2,40,51)(H2,41,52)(H2,42,53)(H,43,55)(H,44,60)(H,45,54)(H,46,58)(H,47,56)(H,48,57)(H,49,59)(H,61,62)/t19-,22-,23-,24-,25-,26-,31-/m0/s1. The Kier molecular flexibility index (Phi) is 22.0. The topological polar surface area (TPSA) is 417 Å². The van der Waals surface area contributed by atoms with Crippen LogP contribution >= 0.6 is 0 Å². The maximum absolute atomic E-state index is 13.7. The summed E-state index contributed by atoms with van der Waals surface area (Å²) in [6, 6.07) is -4.35. The van der Waals surface area contributed by atoms with Crippen molar-refractivity contribution in [2.24, 2.45) is 34.8 Å². The van der Waals surface area contributed by atoms with E-state index in [0.717, 1.165) is 0 Å². The number of primary amides is 3. The van der Waals surface area contributed by atoms with E-state index < -0.39 is 145 Å². The van der Waals surface area contributed by atoms with Crippen molar-refractivity contribution in [2.75, 3.05) is 6.54 Å². The summed E-state index contributed by atoms with van der Waals surface area (Å²) in [7, 11) is 0. The van der Waals surface area contributed by atoms with Gasteiger partial charge in [-0.2, -0.15) is 0 Å². The highest BCUT2D eigenvalue weighted by atomic mass is 16.4. The number of carbonyl (C=O) groups is 11. The number of nitrogens with two attached hydrogens (primary N) is 4. The summed E-state index contributed by atoms with van der Waals surface area (Å²) in [6.45, 7) is 7.28. The highest BCUT2D eigenvalue weighted by molar-refractivity contribution is 5.98. The van der Waals surface area contributed by atoms with Crippen molar-refractivity contribution in [3.05, 3.63) is 29.8 Å². The second-order valence-electron chi connectivity index (χ2n) is 15.3. The Hall–Kier alpha value is -6.85. The van der Waals surface area contributed by atoms with Crippen LogP contribution in [0, 0.1) is 11.8 Å². The van der Waals surface area contributed by atoms with Crippen LogP contribution in [0.1, 0.15) is 72.3 Å². The molecule has 1 aromatic carbocycles. The summed E-state index contributed by atoms with van der Waals surface area (Å²) < 4.78 is 0. The number of hydrogen-bond acceptors (Lipinski definition) is 13. The molecular weight excluding hydrogens is 818 g/mol. The van der Waals surface area contributed by atoms with Crippen LogP contribution in [-0.4, -0.2) is 124 Å². The van der Waals surface area contributed by atoms with E-state index in [-0.39, 0.29) is 24.5 Å². The molecular formula is C38H59N11O13. The number of amides is 10. The number of benzene rings is 1. The molecule has 0 saturated heterocycles. The number of phenolic OH excluding ortho intramolecular Hbond substituents is 1. The maximum Gasteiger partial charge on any atom is 0.326 e. The molecule has 24 heteroatoms. The number of nitrogens with one attached hydrogen (secondary N) is 7. The maximum atomic E-state index is 13.7. The normalized spacial score (nSPS) is 14.3. The van der Waals surface area contributed by atoms with Crippen LogP contribution in [0.2, 0.25) is 0 Å². The molecule has 0 saturated carbocycles. The molecule has 0 unspecified atom stereocenters. The second-order valence-corrected chi connectivity index (χ2v) is 15.3. The molecule has 62 heavy (non-hydrogen) atoms. The van der Waals surface area contributed by atoms with Crippen LogP contribution in [0.15, 0.2) is 24.3 Å². The van der Waals surface area contributed by atoms with E-state index >= 15 is 0 Å². The van der Waals surface area contributed by atoms with Crippen molar-refractivity contribution >= 4 is 65.0 Å². The van der Waals surface area contributed by atoms with Gasteiger partial charge in [-0.1, -0.05) is 39.8 Å². The number of rotatable bonds is 27. The Morgan fingerprint density at radius 1 is 0.597 bits per heavy atom. The number of carbonyl (C=O) groups excluding carboxylic acids is 10. The molecule has 0 aliphatic rings. The van der Waals surface area contributed by atoms with Gasteiger partial charge in [0.2, 0.25) is 59.1 Å². The lowest BCUT2D eigenvalue weighted by Gasteiger charge is -2.28. The van der Waals surface area contributed by atoms with Crippen molar-refractivity contribution < 1.29 is 63.0 Å². The monoisotopic (exact) mass is 877 g/mol. The molecule has 0 radical (unpaired) electrons. The second kappa shape index (κ2) is 25.7. The number of carboxylic acid groups (broad SMARTS) is 1. The van der Waals surface area contributed by atoms with E-state index in [2.05, 4.69) is 37.2 Å². The average molecular weight is 878 g/mol. The van der Waals surface area contributed by atoms with Gasteiger partial charge >= 0.3 is 5.97 Å². The molecule has 0 aliphatic heterocycles. The molecule has 24 nitrogen and oxygen atoms in total. The highest BCUT2D eigenvalue weighted by Gasteiger charge is 2.34. The smallest absolute Gasteiger partial charge is 0.326 e. The summed E-state index contributed by atoms with van der Waals surface area (Å²) in [5.41, 5.74) is 21.7. The summed E-state index contributed by atoms with van der Waals surface area (Å²) in [5, 5.41) is 35.6. The highest BCUT2D eigenvalue weighted by Crippen LogP contribution is 2.12. The SMILES string of the molecule is CC(C)C[C@H](NC(=O)[C@H](CCC(N)=O)NC(=O)[C@H](CC(N)=O)NC(=O)[C@@H](N)CC(N)=O)C(=O)N[C@H](C(=O)N[C@@H](C)C(=O)NCC(=O)N[C@@H](Cc1ccc(O)cc1)C(=O)O)C(C)C. The van der Waals surface area contributed by atoms with Crippen molar-refractivity contribution in [3.8, 4) is 5.75 Å². The van der Waals surface area contributed by atoms with Crippen molar-refractivity contribution in [3.63, 3.8) is 0 Å². The molecule has 344 valence electrons. The fraction of sp³-hybridized carbons (Fsp3) is 0.553. The Labute approximate surface area is 357 Å². The van der Waals surface area contributed by atoms with Gasteiger partial charge in [0, 0.05) is 12.8 Å². The third-order valence-electron chi connectivity index (χ3n) is 8.88. The molecule has 1 aromatic rings. The first-order valence-corrected chi connectivity index (χ1v) is 19.5. The van der Waals surface area contributed by atoms with Crippen LogP contribution in [0.25, 0.3) is 0 Å². The van der Waals surface area contributed by atoms with Gasteiger partial charge in [-0.05, 0) is 49.3 Å². The Bertz CT molecular complexity index is 1810. The lowest BCUT2D eigenvalue weighted by molar-refractivity contribution is -0.141. The number of hydrogen-bond donors (Lipinski definition) is 13. The predicted molar refractivity (Wildman–Crippen MR) is 218 cm³/mol. The number of aliphatic carboxylic acids is 1. The van der Waals surface area contributed by atoms with Gasteiger partial charge < -0.3 is 70.4 Å². The van der Waals surface area contributed by atoms with Crippen LogP contribution in [-0.2, 0) is 59.2 Å². The van der Waals surface area contributed by atoms with E-state index in [0.29, 0.717) is 5.56 Å². The minimum absolute atomic E-state index is 0.00283. The first-order chi connectivity index (χ1) is 28.8. The summed E-state index contributed by atoms with van der Waals surface area (Å²) in [4.78, 5) is 138. The van der Waals surface area contributed by atoms with Gasteiger partial charge in [0.15, 0.2) is 0 Å². The molecule has 10 amide bonds. The lowest BCUT2D eigenvalue weighted by Crippen LogP contribution is -2.60. The van der Waals surface area contributed by atoms with Crippen LogP contribution < -0.4 is 60.2 Å². The van der Waals surface area contributed by atoms with Gasteiger partial charge in [-0.25, -0.2) is 4.79 Å². The number of aromatic hydroxyl groups is 1. The summed E-state index contributed by atoms with van der Waals surface area (Å²) >= 11 is 0. The van der Waals surface area contributed by atoms with Crippen molar-refractivity contribution in [2.45, 2.75) is 115 Å². The largest absolute Gasteiger partial charge is 0.508 e. The zero-order chi connectivity index (χ0) is 47.4. The van der Waals surface area contributed by atoms with Gasteiger partial charge in [-0.3, -0.25) is 47.9 Å². The Balaban J connectivity index is 3.08. The lowest BCUT2D eigenvalue weighted by atomic mass is 9.99. The molecule has 0 spiro atoms. The molecule has 0 aromatic heterocycles. The zero-order valence-corrected chi connectivity index (χ0v) is 35.1. The van der Waals surface area contributed by atoms with Gasteiger partial charge in [0.25, 0.3) is 0 Å². The number of carboxylic acids is 1. The van der Waals surface area contributed by atoms with E-state index in [1.165, 1.54) is 31.2 Å². The molecule has 17 N–H and O–H groups in total. The van der Waals surface area contributed by atoms with E-state index in [1.54, 1.807) is 27.7 Å². The first-order valence-electron chi connectivity index (χ1n) is 19.5. The third-order valence-corrected chi connectivity index (χ3v) is 8.88. The molecule has 0 bridgehead atoms. The van der Waals surface area contributed by atoms with E-state index in [1.807, 2.05) is 0 Å². The minimum atomic E-state index is -1.70. The van der Waals surface area contributed by atoms with Crippen LogP contribution in [0.5, 0.6) is 5.75 Å². The summed E-state index contributed by atoms with van der Waals surface area (Å²) in [5.74, 6) is -11.5. The average Bonchev–Trinajstić information content (AvgIpc) is 3.16. The van der Waals surface area contributed by atoms with E-state index in [9.17, 15) is 63.0 Å². The van der Waals surface area contributed by atoms with E-state index in [4.69, 9.17) is 22.9 Å². The molecule has 0 fully saturated rings.